The Morgan fingerprint density at radius 2 is 1.89 bits per heavy atom. The van der Waals surface area contributed by atoms with E-state index in [0.717, 1.165) is 29.1 Å². The van der Waals surface area contributed by atoms with Crippen molar-refractivity contribution in [3.63, 3.8) is 0 Å². The number of benzene rings is 1. The van der Waals surface area contributed by atoms with Crippen LogP contribution in [0.25, 0.3) is 11.3 Å². The molecule has 0 aliphatic heterocycles. The molecule has 1 aromatic heterocycles. The molecule has 1 aromatic carbocycles. The maximum Gasteiger partial charge on any atom is 0.134 e. The van der Waals surface area contributed by atoms with E-state index in [2.05, 4.69) is 32.0 Å². The summed E-state index contributed by atoms with van der Waals surface area (Å²) >= 11 is 0. The first kappa shape index (κ1) is 12.9. The molecule has 2 rings (SSSR count). The van der Waals surface area contributed by atoms with Crippen LogP contribution in [-0.2, 0) is 6.42 Å². The summed E-state index contributed by atoms with van der Waals surface area (Å²) in [5.41, 5.74) is 8.13. The molecular weight excluding hydrogens is 222 g/mol. The van der Waals surface area contributed by atoms with Gasteiger partial charge in [-0.1, -0.05) is 32.0 Å². The maximum absolute atomic E-state index is 5.90. The van der Waals surface area contributed by atoms with E-state index in [1.165, 1.54) is 0 Å². The Hall–Kier alpha value is -1.54. The molecule has 0 radical (unpaired) electrons. The van der Waals surface area contributed by atoms with Crippen molar-refractivity contribution < 1.29 is 4.42 Å². The van der Waals surface area contributed by atoms with E-state index in [-0.39, 0.29) is 6.04 Å². The zero-order valence-electron chi connectivity index (χ0n) is 11.3. The minimum atomic E-state index is 0.0510. The third-order valence-electron chi connectivity index (χ3n) is 2.97. The predicted molar refractivity (Wildman–Crippen MR) is 75.3 cm³/mol. The Kier molecular flexibility index (Phi) is 3.87. The van der Waals surface area contributed by atoms with Gasteiger partial charge in [0.05, 0.1) is 0 Å². The average molecular weight is 243 g/mol. The van der Waals surface area contributed by atoms with E-state index >= 15 is 0 Å². The Labute approximate surface area is 109 Å². The van der Waals surface area contributed by atoms with Gasteiger partial charge in [-0.05, 0) is 36.6 Å². The summed E-state index contributed by atoms with van der Waals surface area (Å²) < 4.78 is 5.87. The van der Waals surface area contributed by atoms with Gasteiger partial charge in [-0.2, -0.15) is 0 Å². The molecule has 1 heterocycles. The normalized spacial score (nSPS) is 12.9. The monoisotopic (exact) mass is 243 g/mol. The molecule has 2 heteroatoms. The highest BCUT2D eigenvalue weighted by Crippen LogP contribution is 2.25. The van der Waals surface area contributed by atoms with Crippen LogP contribution in [0.3, 0.4) is 0 Å². The Bertz CT molecular complexity index is 511. The van der Waals surface area contributed by atoms with E-state index < -0.39 is 0 Å². The predicted octanol–water partition coefficient (Wildman–Crippen LogP) is 4.16. The second-order valence-electron chi connectivity index (χ2n) is 5.28. The van der Waals surface area contributed by atoms with Gasteiger partial charge in [-0.3, -0.25) is 0 Å². The quantitative estimate of drug-likeness (QED) is 0.875. The second kappa shape index (κ2) is 5.40. The standard InChI is InChI=1S/C16H21NO/c1-11(2)9-15-7-8-16(18-15)14-6-4-5-13(10-14)12(3)17/h4-8,10-12H,9,17H2,1-3H3. The van der Waals surface area contributed by atoms with Crippen molar-refractivity contribution in [1.29, 1.82) is 0 Å². The fraction of sp³-hybridized carbons (Fsp3) is 0.375. The van der Waals surface area contributed by atoms with E-state index in [1.54, 1.807) is 0 Å². The van der Waals surface area contributed by atoms with Crippen molar-refractivity contribution in [2.75, 3.05) is 0 Å². The Balaban J connectivity index is 2.25. The first-order chi connectivity index (χ1) is 8.56. The van der Waals surface area contributed by atoms with E-state index in [1.807, 2.05) is 25.1 Å². The lowest BCUT2D eigenvalue weighted by atomic mass is 10.0. The van der Waals surface area contributed by atoms with Crippen LogP contribution >= 0.6 is 0 Å². The SMILES string of the molecule is CC(C)Cc1ccc(-c2cccc(C(C)N)c2)o1. The summed E-state index contributed by atoms with van der Waals surface area (Å²) in [5.74, 6) is 2.58. The highest BCUT2D eigenvalue weighted by molar-refractivity contribution is 5.58. The van der Waals surface area contributed by atoms with Gasteiger partial charge < -0.3 is 10.2 Å². The van der Waals surface area contributed by atoms with Crippen LogP contribution in [0.4, 0.5) is 0 Å². The lowest BCUT2D eigenvalue weighted by Gasteiger charge is -2.06. The van der Waals surface area contributed by atoms with Gasteiger partial charge in [0.1, 0.15) is 11.5 Å². The molecule has 0 aliphatic carbocycles. The Morgan fingerprint density at radius 3 is 2.56 bits per heavy atom. The fourth-order valence-corrected chi connectivity index (χ4v) is 2.02. The molecule has 2 N–H and O–H groups in total. The van der Waals surface area contributed by atoms with Crippen molar-refractivity contribution in [2.24, 2.45) is 11.7 Å². The van der Waals surface area contributed by atoms with Crippen LogP contribution in [0.1, 0.15) is 38.1 Å². The zero-order valence-corrected chi connectivity index (χ0v) is 11.3. The van der Waals surface area contributed by atoms with E-state index in [9.17, 15) is 0 Å². The van der Waals surface area contributed by atoms with E-state index in [0.29, 0.717) is 5.92 Å². The molecule has 0 amide bonds. The van der Waals surface area contributed by atoms with E-state index in [4.69, 9.17) is 10.2 Å². The minimum Gasteiger partial charge on any atom is -0.461 e. The summed E-state index contributed by atoms with van der Waals surface area (Å²) in [7, 11) is 0. The maximum atomic E-state index is 5.90. The van der Waals surface area contributed by atoms with Crippen molar-refractivity contribution in [2.45, 2.75) is 33.2 Å². The molecule has 2 nitrogen and oxygen atoms in total. The third-order valence-corrected chi connectivity index (χ3v) is 2.97. The van der Waals surface area contributed by atoms with Gasteiger partial charge in [0.2, 0.25) is 0 Å². The number of furan rings is 1. The van der Waals surface area contributed by atoms with Gasteiger partial charge in [-0.15, -0.1) is 0 Å². The van der Waals surface area contributed by atoms with Crippen LogP contribution in [0.5, 0.6) is 0 Å². The van der Waals surface area contributed by atoms with Crippen molar-refractivity contribution in [3.8, 4) is 11.3 Å². The summed E-state index contributed by atoms with van der Waals surface area (Å²) in [6, 6.07) is 12.4. The molecule has 18 heavy (non-hydrogen) atoms. The Morgan fingerprint density at radius 1 is 1.11 bits per heavy atom. The summed E-state index contributed by atoms with van der Waals surface area (Å²) in [6.45, 7) is 6.38. The molecule has 0 saturated heterocycles. The number of hydrogen-bond acceptors (Lipinski definition) is 2. The van der Waals surface area contributed by atoms with Crippen molar-refractivity contribution >= 4 is 0 Å². The highest BCUT2D eigenvalue weighted by Gasteiger charge is 2.08. The number of hydrogen-bond donors (Lipinski definition) is 1. The van der Waals surface area contributed by atoms with Crippen LogP contribution < -0.4 is 5.73 Å². The van der Waals surface area contributed by atoms with Crippen LogP contribution in [-0.4, -0.2) is 0 Å². The zero-order chi connectivity index (χ0) is 13.1. The molecule has 0 aliphatic rings. The second-order valence-corrected chi connectivity index (χ2v) is 5.28. The molecular formula is C16H21NO. The molecule has 1 unspecified atom stereocenters. The topological polar surface area (TPSA) is 39.2 Å². The molecule has 0 fully saturated rings. The van der Waals surface area contributed by atoms with Gasteiger partial charge in [0.25, 0.3) is 0 Å². The first-order valence-corrected chi connectivity index (χ1v) is 6.51. The number of rotatable bonds is 4. The molecule has 1 atom stereocenters. The fourth-order valence-electron chi connectivity index (χ4n) is 2.02. The van der Waals surface area contributed by atoms with Gasteiger partial charge in [-0.25, -0.2) is 0 Å². The summed E-state index contributed by atoms with van der Waals surface area (Å²) in [6.07, 6.45) is 0.979. The lowest BCUT2D eigenvalue weighted by molar-refractivity contribution is 0.482. The van der Waals surface area contributed by atoms with Gasteiger partial charge >= 0.3 is 0 Å². The first-order valence-electron chi connectivity index (χ1n) is 6.51. The summed E-state index contributed by atoms with van der Waals surface area (Å²) in [4.78, 5) is 0. The molecule has 96 valence electrons. The minimum absolute atomic E-state index is 0.0510. The van der Waals surface area contributed by atoms with Crippen molar-refractivity contribution in [3.05, 3.63) is 47.7 Å². The van der Waals surface area contributed by atoms with Gasteiger partial charge in [0, 0.05) is 18.0 Å². The average Bonchev–Trinajstić information content (AvgIpc) is 2.77. The third kappa shape index (κ3) is 3.02. The highest BCUT2D eigenvalue weighted by atomic mass is 16.3. The summed E-state index contributed by atoms with van der Waals surface area (Å²) in [5, 5.41) is 0. The number of nitrogens with two attached hydrogens (primary N) is 1. The van der Waals surface area contributed by atoms with Crippen LogP contribution in [0.15, 0.2) is 40.8 Å². The molecule has 0 saturated carbocycles. The van der Waals surface area contributed by atoms with Gasteiger partial charge in [0.15, 0.2) is 0 Å². The van der Waals surface area contributed by atoms with Crippen molar-refractivity contribution in [1.82, 2.24) is 0 Å². The molecule has 0 bridgehead atoms. The van der Waals surface area contributed by atoms with Crippen LogP contribution in [0, 0.1) is 5.92 Å². The molecule has 0 spiro atoms. The smallest absolute Gasteiger partial charge is 0.134 e. The van der Waals surface area contributed by atoms with Crippen LogP contribution in [0.2, 0.25) is 0 Å². The molecule has 2 aromatic rings. The lowest BCUT2D eigenvalue weighted by Crippen LogP contribution is -2.04. The largest absolute Gasteiger partial charge is 0.461 e.